The maximum Gasteiger partial charge on any atom is 0.223 e. The number of amides is 1. The highest BCUT2D eigenvalue weighted by Crippen LogP contribution is 2.27. The number of rotatable bonds is 6. The summed E-state index contributed by atoms with van der Waals surface area (Å²) >= 11 is 0. The number of nitrogen functional groups attached to an aromatic ring is 1. The Morgan fingerprint density at radius 2 is 2.15 bits per heavy atom. The van der Waals surface area contributed by atoms with Crippen LogP contribution in [-0.2, 0) is 11.2 Å². The molecule has 3 rings (SSSR count). The fraction of sp³-hybridized carbons (Fsp3) is 0.444. The summed E-state index contributed by atoms with van der Waals surface area (Å²) in [5, 5.41) is 4.91. The van der Waals surface area contributed by atoms with Gasteiger partial charge in [-0.2, -0.15) is 4.52 Å². The van der Waals surface area contributed by atoms with Crippen LogP contribution in [-0.4, -0.2) is 50.6 Å². The number of halogens is 1. The standard InChI is InChI=1S/C18H23FN6O2/c1-10(24(3)11(2)26)6-5-7-16-22-17-12-8-13(19)15(27-4)9-14(12)21-18(20)25(17)23-16/h8-10H,5-7H2,1-4H3,(H2,20,21)/t10-/m0/s1. The van der Waals surface area contributed by atoms with E-state index in [-0.39, 0.29) is 23.6 Å². The number of methoxy groups -OCH3 is 1. The number of ether oxygens (including phenoxy) is 1. The van der Waals surface area contributed by atoms with E-state index < -0.39 is 5.82 Å². The molecule has 0 unspecified atom stereocenters. The average molecular weight is 374 g/mol. The molecule has 2 N–H and O–H groups in total. The zero-order chi connectivity index (χ0) is 19.7. The molecule has 2 aromatic heterocycles. The van der Waals surface area contributed by atoms with Gasteiger partial charge in [-0.1, -0.05) is 0 Å². The van der Waals surface area contributed by atoms with Crippen LogP contribution in [0.3, 0.4) is 0 Å². The van der Waals surface area contributed by atoms with Crippen LogP contribution in [0.4, 0.5) is 10.3 Å². The number of fused-ring (bicyclic) bond motifs is 3. The van der Waals surface area contributed by atoms with E-state index >= 15 is 0 Å². The van der Waals surface area contributed by atoms with Crippen LogP contribution >= 0.6 is 0 Å². The smallest absolute Gasteiger partial charge is 0.223 e. The maximum atomic E-state index is 14.1. The van der Waals surface area contributed by atoms with Crippen molar-refractivity contribution in [2.24, 2.45) is 0 Å². The third-order valence-corrected chi connectivity index (χ3v) is 4.79. The minimum absolute atomic E-state index is 0.0381. The topological polar surface area (TPSA) is 98.6 Å². The number of benzene rings is 1. The van der Waals surface area contributed by atoms with Gasteiger partial charge in [-0.05, 0) is 25.8 Å². The fourth-order valence-corrected chi connectivity index (χ4v) is 3.00. The van der Waals surface area contributed by atoms with Gasteiger partial charge in [0.15, 0.2) is 23.0 Å². The Morgan fingerprint density at radius 1 is 1.41 bits per heavy atom. The first-order valence-corrected chi connectivity index (χ1v) is 8.73. The third kappa shape index (κ3) is 3.62. The first-order valence-electron chi connectivity index (χ1n) is 8.73. The summed E-state index contributed by atoms with van der Waals surface area (Å²) in [5.41, 5.74) is 6.94. The Bertz CT molecular complexity index is 1000. The van der Waals surface area contributed by atoms with E-state index in [0.29, 0.717) is 28.8 Å². The third-order valence-electron chi connectivity index (χ3n) is 4.79. The van der Waals surface area contributed by atoms with Gasteiger partial charge in [0.05, 0.1) is 12.6 Å². The minimum atomic E-state index is -0.496. The molecule has 27 heavy (non-hydrogen) atoms. The molecule has 0 aliphatic heterocycles. The van der Waals surface area contributed by atoms with Gasteiger partial charge < -0.3 is 15.4 Å². The minimum Gasteiger partial charge on any atom is -0.494 e. The van der Waals surface area contributed by atoms with Crippen molar-refractivity contribution in [3.8, 4) is 5.75 Å². The van der Waals surface area contributed by atoms with Crippen molar-refractivity contribution in [2.45, 2.75) is 39.2 Å². The second kappa shape index (κ2) is 7.34. The molecule has 0 aliphatic rings. The van der Waals surface area contributed by atoms with Crippen molar-refractivity contribution in [3.63, 3.8) is 0 Å². The summed E-state index contributed by atoms with van der Waals surface area (Å²) in [7, 11) is 3.18. The van der Waals surface area contributed by atoms with Crippen molar-refractivity contribution in [3.05, 3.63) is 23.8 Å². The molecule has 0 bridgehead atoms. The Kier molecular flexibility index (Phi) is 5.11. The highest BCUT2D eigenvalue weighted by Gasteiger charge is 2.16. The summed E-state index contributed by atoms with van der Waals surface area (Å²) < 4.78 is 20.5. The van der Waals surface area contributed by atoms with Crippen molar-refractivity contribution in [2.75, 3.05) is 19.9 Å². The van der Waals surface area contributed by atoms with Crippen LogP contribution in [0.1, 0.15) is 32.5 Å². The molecule has 9 heteroatoms. The lowest BCUT2D eigenvalue weighted by atomic mass is 10.1. The molecule has 1 aromatic carbocycles. The van der Waals surface area contributed by atoms with Crippen molar-refractivity contribution >= 4 is 28.4 Å². The number of anilines is 1. The normalized spacial score (nSPS) is 12.5. The van der Waals surface area contributed by atoms with Gasteiger partial charge in [-0.3, -0.25) is 4.79 Å². The Morgan fingerprint density at radius 3 is 2.81 bits per heavy atom. The van der Waals surface area contributed by atoms with Gasteiger partial charge in [0.2, 0.25) is 11.9 Å². The van der Waals surface area contributed by atoms with Gasteiger partial charge in [-0.25, -0.2) is 14.4 Å². The van der Waals surface area contributed by atoms with E-state index in [1.165, 1.54) is 23.8 Å². The first kappa shape index (κ1) is 18.8. The van der Waals surface area contributed by atoms with Gasteiger partial charge >= 0.3 is 0 Å². The molecule has 0 saturated carbocycles. The van der Waals surface area contributed by atoms with E-state index in [0.717, 1.165) is 12.8 Å². The fourth-order valence-electron chi connectivity index (χ4n) is 3.00. The Hall–Kier alpha value is -2.97. The maximum absolute atomic E-state index is 14.1. The molecule has 0 fully saturated rings. The van der Waals surface area contributed by atoms with Crippen LogP contribution in [0.5, 0.6) is 5.75 Å². The van der Waals surface area contributed by atoms with E-state index in [2.05, 4.69) is 15.1 Å². The van der Waals surface area contributed by atoms with E-state index in [4.69, 9.17) is 10.5 Å². The summed E-state index contributed by atoms with van der Waals surface area (Å²) in [6, 6.07) is 2.96. The molecule has 0 aliphatic carbocycles. The monoisotopic (exact) mass is 374 g/mol. The number of carbonyl (C=O) groups excluding carboxylic acids is 1. The predicted molar refractivity (Wildman–Crippen MR) is 100 cm³/mol. The second-order valence-corrected chi connectivity index (χ2v) is 6.61. The van der Waals surface area contributed by atoms with Gasteiger partial charge in [0, 0.05) is 37.9 Å². The zero-order valence-corrected chi connectivity index (χ0v) is 15.9. The average Bonchev–Trinajstić information content (AvgIpc) is 3.06. The van der Waals surface area contributed by atoms with Crippen LogP contribution in [0.2, 0.25) is 0 Å². The van der Waals surface area contributed by atoms with Crippen molar-refractivity contribution < 1.29 is 13.9 Å². The Labute approximate surface area is 156 Å². The number of nitrogens with two attached hydrogens (primary N) is 1. The predicted octanol–water partition coefficient (Wildman–Crippen LogP) is 2.20. The SMILES string of the molecule is COc1cc2nc(N)n3nc(CCC[C@H](C)N(C)C(C)=O)nc3c2cc1F. The van der Waals surface area contributed by atoms with Crippen molar-refractivity contribution in [1.29, 1.82) is 0 Å². The molecule has 144 valence electrons. The molecule has 3 aromatic rings. The highest BCUT2D eigenvalue weighted by atomic mass is 19.1. The zero-order valence-electron chi connectivity index (χ0n) is 15.9. The summed E-state index contributed by atoms with van der Waals surface area (Å²) in [6.07, 6.45) is 2.26. The summed E-state index contributed by atoms with van der Waals surface area (Å²) in [6.45, 7) is 3.55. The highest BCUT2D eigenvalue weighted by molar-refractivity contribution is 5.93. The molecule has 0 radical (unpaired) electrons. The lowest BCUT2D eigenvalue weighted by molar-refractivity contribution is -0.129. The molecule has 0 spiro atoms. The first-order chi connectivity index (χ1) is 12.8. The van der Waals surface area contributed by atoms with Gasteiger partial charge in [-0.15, -0.1) is 5.10 Å². The molecular formula is C18H23FN6O2. The molecular weight excluding hydrogens is 351 g/mol. The molecule has 8 nitrogen and oxygen atoms in total. The van der Waals surface area contributed by atoms with E-state index in [1.54, 1.807) is 18.9 Å². The number of carbonyl (C=O) groups is 1. The summed E-state index contributed by atoms with van der Waals surface area (Å²) in [4.78, 5) is 21.9. The van der Waals surface area contributed by atoms with E-state index in [9.17, 15) is 9.18 Å². The van der Waals surface area contributed by atoms with E-state index in [1.807, 2.05) is 6.92 Å². The number of aromatic nitrogens is 4. The second-order valence-electron chi connectivity index (χ2n) is 6.61. The van der Waals surface area contributed by atoms with Gasteiger partial charge in [0.1, 0.15) is 0 Å². The Balaban J connectivity index is 1.86. The van der Waals surface area contributed by atoms with Crippen LogP contribution in [0.25, 0.3) is 16.6 Å². The molecule has 0 saturated heterocycles. The summed E-state index contributed by atoms with van der Waals surface area (Å²) in [5.74, 6) is 0.418. The number of hydrogen-bond acceptors (Lipinski definition) is 6. The quantitative estimate of drug-likeness (QED) is 0.710. The van der Waals surface area contributed by atoms with Gasteiger partial charge in [0.25, 0.3) is 0 Å². The van der Waals surface area contributed by atoms with Crippen molar-refractivity contribution in [1.82, 2.24) is 24.5 Å². The molecule has 2 heterocycles. The lowest BCUT2D eigenvalue weighted by Gasteiger charge is -2.23. The molecule has 1 amide bonds. The van der Waals surface area contributed by atoms with Crippen LogP contribution in [0, 0.1) is 5.82 Å². The van der Waals surface area contributed by atoms with Crippen LogP contribution in [0.15, 0.2) is 12.1 Å². The lowest BCUT2D eigenvalue weighted by Crippen LogP contribution is -2.33. The largest absolute Gasteiger partial charge is 0.494 e. The van der Waals surface area contributed by atoms with Crippen LogP contribution < -0.4 is 10.5 Å². The number of nitrogens with zero attached hydrogens (tertiary/aromatic N) is 5. The molecule has 1 atom stereocenters. The number of hydrogen-bond donors (Lipinski definition) is 1. The number of aryl methyl sites for hydroxylation is 1.